The van der Waals surface area contributed by atoms with E-state index in [1.165, 1.54) is 32.0 Å². The second kappa shape index (κ2) is 7.54. The van der Waals surface area contributed by atoms with Crippen LogP contribution in [0.25, 0.3) is 0 Å². The molecule has 21 heavy (non-hydrogen) atoms. The lowest BCUT2D eigenvalue weighted by Crippen LogP contribution is -2.38. The molecule has 1 atom stereocenters. The van der Waals surface area contributed by atoms with Gasteiger partial charge < -0.3 is 9.64 Å². The largest absolute Gasteiger partial charge is 0.365 e. The van der Waals surface area contributed by atoms with E-state index in [1.807, 2.05) is 14.0 Å². The minimum Gasteiger partial charge on any atom is -0.365 e. The van der Waals surface area contributed by atoms with Crippen molar-refractivity contribution in [3.8, 4) is 0 Å². The number of amides is 1. The number of carbonyl (C=O) groups excluding carboxylic acids is 1. The minimum atomic E-state index is -0.397. The Morgan fingerprint density at radius 3 is 2.67 bits per heavy atom. The van der Waals surface area contributed by atoms with Crippen molar-refractivity contribution in [1.29, 1.82) is 0 Å². The van der Waals surface area contributed by atoms with E-state index in [0.717, 1.165) is 18.7 Å². The zero-order valence-electron chi connectivity index (χ0n) is 13.3. The van der Waals surface area contributed by atoms with Gasteiger partial charge in [0.05, 0.1) is 12.6 Å². The van der Waals surface area contributed by atoms with E-state index >= 15 is 0 Å². The van der Waals surface area contributed by atoms with Gasteiger partial charge >= 0.3 is 0 Å². The van der Waals surface area contributed by atoms with Gasteiger partial charge in [-0.2, -0.15) is 5.10 Å². The Hall–Kier alpha value is -1.43. The maximum atomic E-state index is 12.4. The molecule has 0 aromatic carbocycles. The number of hydrogen-bond donors (Lipinski definition) is 0. The van der Waals surface area contributed by atoms with Gasteiger partial charge in [-0.25, -0.2) is 4.98 Å². The third kappa shape index (κ3) is 4.52. The van der Waals surface area contributed by atoms with Gasteiger partial charge in [0.25, 0.3) is 5.91 Å². The van der Waals surface area contributed by atoms with Crippen LogP contribution in [0.4, 0.5) is 0 Å². The van der Waals surface area contributed by atoms with Crippen molar-refractivity contribution in [2.45, 2.75) is 64.2 Å². The molecule has 1 heterocycles. The molecule has 0 radical (unpaired) electrons. The first-order valence-electron chi connectivity index (χ1n) is 7.81. The Morgan fingerprint density at radius 1 is 1.43 bits per heavy atom. The van der Waals surface area contributed by atoms with E-state index in [0.29, 0.717) is 6.54 Å². The molecule has 1 fully saturated rings. The number of aryl methyl sites for hydroxylation is 1. The molecule has 1 saturated carbocycles. The van der Waals surface area contributed by atoms with Gasteiger partial charge in [0.1, 0.15) is 18.3 Å². The topological polar surface area (TPSA) is 60.2 Å². The van der Waals surface area contributed by atoms with E-state index < -0.39 is 6.10 Å². The summed E-state index contributed by atoms with van der Waals surface area (Å²) in [7, 11) is 3.61. The van der Waals surface area contributed by atoms with Crippen molar-refractivity contribution in [3.05, 3.63) is 12.2 Å². The van der Waals surface area contributed by atoms with Crippen molar-refractivity contribution < 1.29 is 9.53 Å². The Labute approximate surface area is 126 Å². The molecule has 118 valence electrons. The average molecular weight is 294 g/mol. The fourth-order valence-electron chi connectivity index (χ4n) is 2.79. The molecular weight excluding hydrogens is 268 g/mol. The molecule has 1 unspecified atom stereocenters. The van der Waals surface area contributed by atoms with Gasteiger partial charge in [-0.1, -0.05) is 25.7 Å². The zero-order chi connectivity index (χ0) is 15.2. The van der Waals surface area contributed by atoms with Crippen LogP contribution < -0.4 is 0 Å². The lowest BCUT2D eigenvalue weighted by atomic mass is 10.1. The minimum absolute atomic E-state index is 0.00208. The van der Waals surface area contributed by atoms with Crippen LogP contribution >= 0.6 is 0 Å². The summed E-state index contributed by atoms with van der Waals surface area (Å²) in [6.07, 6.45) is 8.47. The SMILES string of the molecule is CC(OC1CCCCCC1)C(=O)N(C)Cc1ncnn1C. The summed E-state index contributed by atoms with van der Waals surface area (Å²) in [6, 6.07) is 0. The molecule has 1 aliphatic carbocycles. The molecule has 0 spiro atoms. The number of aromatic nitrogens is 3. The summed E-state index contributed by atoms with van der Waals surface area (Å²) in [4.78, 5) is 18.2. The summed E-state index contributed by atoms with van der Waals surface area (Å²) >= 11 is 0. The molecule has 2 rings (SSSR count). The van der Waals surface area contributed by atoms with Crippen LogP contribution in [0.5, 0.6) is 0 Å². The van der Waals surface area contributed by atoms with Gasteiger partial charge in [-0.15, -0.1) is 0 Å². The van der Waals surface area contributed by atoms with Crippen LogP contribution in [0, 0.1) is 0 Å². The van der Waals surface area contributed by atoms with Gasteiger partial charge in [-0.3, -0.25) is 9.48 Å². The molecule has 0 N–H and O–H groups in total. The Balaban J connectivity index is 1.84. The predicted molar refractivity (Wildman–Crippen MR) is 79.5 cm³/mol. The van der Waals surface area contributed by atoms with E-state index in [4.69, 9.17) is 4.74 Å². The number of ether oxygens (including phenoxy) is 1. The van der Waals surface area contributed by atoms with Crippen LogP contribution in [-0.4, -0.2) is 44.8 Å². The normalized spacial score (nSPS) is 18.2. The lowest BCUT2D eigenvalue weighted by Gasteiger charge is -2.24. The first-order chi connectivity index (χ1) is 10.1. The Kier molecular flexibility index (Phi) is 5.73. The summed E-state index contributed by atoms with van der Waals surface area (Å²) in [5.41, 5.74) is 0. The van der Waals surface area contributed by atoms with Crippen molar-refractivity contribution in [2.75, 3.05) is 7.05 Å². The van der Waals surface area contributed by atoms with Crippen LogP contribution in [0.3, 0.4) is 0 Å². The molecule has 6 heteroatoms. The van der Waals surface area contributed by atoms with E-state index in [2.05, 4.69) is 10.1 Å². The molecule has 0 aliphatic heterocycles. The molecule has 0 saturated heterocycles. The standard InChI is InChI=1S/C15H26N4O2/c1-12(21-13-8-6-4-5-7-9-13)15(20)18(2)10-14-16-11-17-19(14)3/h11-13H,4-10H2,1-3H3. The fraction of sp³-hybridized carbons (Fsp3) is 0.800. The van der Waals surface area contributed by atoms with Gasteiger partial charge in [0.15, 0.2) is 0 Å². The van der Waals surface area contributed by atoms with Crippen molar-refractivity contribution >= 4 is 5.91 Å². The highest BCUT2D eigenvalue weighted by atomic mass is 16.5. The third-order valence-electron chi connectivity index (χ3n) is 4.11. The van der Waals surface area contributed by atoms with Crippen LogP contribution in [-0.2, 0) is 23.1 Å². The first-order valence-corrected chi connectivity index (χ1v) is 7.81. The second-order valence-corrected chi connectivity index (χ2v) is 5.89. The lowest BCUT2D eigenvalue weighted by molar-refractivity contribution is -0.146. The van der Waals surface area contributed by atoms with E-state index in [9.17, 15) is 4.79 Å². The van der Waals surface area contributed by atoms with Crippen LogP contribution in [0.2, 0.25) is 0 Å². The highest BCUT2D eigenvalue weighted by molar-refractivity contribution is 5.80. The number of carbonyl (C=O) groups is 1. The van der Waals surface area contributed by atoms with Crippen LogP contribution in [0.15, 0.2) is 6.33 Å². The first kappa shape index (κ1) is 15.9. The van der Waals surface area contributed by atoms with E-state index in [-0.39, 0.29) is 12.0 Å². The maximum Gasteiger partial charge on any atom is 0.251 e. The van der Waals surface area contributed by atoms with Crippen molar-refractivity contribution in [3.63, 3.8) is 0 Å². The Morgan fingerprint density at radius 2 is 2.10 bits per heavy atom. The number of nitrogens with zero attached hydrogens (tertiary/aromatic N) is 4. The molecule has 6 nitrogen and oxygen atoms in total. The number of hydrogen-bond acceptors (Lipinski definition) is 4. The molecule has 1 amide bonds. The molecule has 1 aliphatic rings. The van der Waals surface area contributed by atoms with Crippen molar-refractivity contribution in [1.82, 2.24) is 19.7 Å². The van der Waals surface area contributed by atoms with Crippen LogP contribution in [0.1, 0.15) is 51.3 Å². The average Bonchev–Trinajstić information content (AvgIpc) is 2.71. The summed E-state index contributed by atoms with van der Waals surface area (Å²) in [5.74, 6) is 0.773. The van der Waals surface area contributed by atoms with Gasteiger partial charge in [0, 0.05) is 14.1 Å². The molecule has 1 aromatic rings. The van der Waals surface area contributed by atoms with Gasteiger partial charge in [-0.05, 0) is 19.8 Å². The fourth-order valence-corrected chi connectivity index (χ4v) is 2.79. The smallest absolute Gasteiger partial charge is 0.251 e. The maximum absolute atomic E-state index is 12.4. The molecule has 1 aromatic heterocycles. The third-order valence-corrected chi connectivity index (χ3v) is 4.11. The summed E-state index contributed by atoms with van der Waals surface area (Å²) < 4.78 is 7.65. The quantitative estimate of drug-likeness (QED) is 0.778. The highest BCUT2D eigenvalue weighted by Crippen LogP contribution is 2.21. The predicted octanol–water partition coefficient (Wildman–Crippen LogP) is 1.90. The summed E-state index contributed by atoms with van der Waals surface area (Å²) in [6.45, 7) is 2.30. The monoisotopic (exact) mass is 294 g/mol. The Bertz CT molecular complexity index is 452. The van der Waals surface area contributed by atoms with Crippen molar-refractivity contribution in [2.24, 2.45) is 7.05 Å². The summed E-state index contributed by atoms with van der Waals surface area (Å²) in [5, 5.41) is 4.01. The second-order valence-electron chi connectivity index (χ2n) is 5.89. The highest BCUT2D eigenvalue weighted by Gasteiger charge is 2.23. The van der Waals surface area contributed by atoms with Gasteiger partial charge in [0.2, 0.25) is 0 Å². The van der Waals surface area contributed by atoms with E-state index in [1.54, 1.807) is 16.6 Å². The number of likely N-dealkylation sites (N-methyl/N-ethyl adjacent to an activating group) is 1. The number of rotatable bonds is 5. The zero-order valence-corrected chi connectivity index (χ0v) is 13.3. The molecular formula is C15H26N4O2. The molecule has 0 bridgehead atoms.